The average Bonchev–Trinajstić information content (AvgIpc) is 3.15. The molecule has 1 radical (unpaired) electrons. The number of anilines is 4. The largest absolute Gasteiger partial charge is 0.378 e. The Balaban J connectivity index is -0.000000728. The van der Waals surface area contributed by atoms with Crippen molar-refractivity contribution in [2.45, 2.75) is 27.2 Å². The second-order valence-electron chi connectivity index (χ2n) is 10.1. The number of hydrogen-bond acceptors (Lipinski definition) is 20. The van der Waals surface area contributed by atoms with Gasteiger partial charge in [0.1, 0.15) is 0 Å². The van der Waals surface area contributed by atoms with Crippen LogP contribution in [0, 0.1) is 1.93 Å². The number of aromatic nitrogens is 6. The monoisotopic (exact) mass is 1100 g/mol. The molecule has 56 heavy (non-hydrogen) atoms. The van der Waals surface area contributed by atoms with Gasteiger partial charge in [-0.2, -0.15) is 38.8 Å². The molecular formula is C31H61Cl2I2N12O8V-. The molecule has 0 spiro atoms. The molecule has 0 amide bonds. The summed E-state index contributed by atoms with van der Waals surface area (Å²) in [5.74, 6) is 1.58. The second-order valence-corrected chi connectivity index (χ2v) is 16.1. The summed E-state index contributed by atoms with van der Waals surface area (Å²) >= 11 is 15.5. The molecule has 0 aliphatic carbocycles. The fourth-order valence-corrected chi connectivity index (χ4v) is 3.36. The smallest absolute Gasteiger partial charge is 0.256 e. The van der Waals surface area contributed by atoms with Crippen LogP contribution in [0.5, 0.6) is 0 Å². The SMILES string of the molecule is CCC.CON(C)c1nc(Cl)nc(Cl)n1.CON(C)c1nc2nc(n1)NCCOCCOCCOCCN2.C[C-](I)I.NCCOCCOCCOCCN.[V]. The maximum absolute atomic E-state index is 5.52. The Morgan fingerprint density at radius 2 is 0.964 bits per heavy atom. The van der Waals surface area contributed by atoms with E-state index in [1.807, 2.05) is 0 Å². The van der Waals surface area contributed by atoms with Crippen molar-refractivity contribution in [2.75, 3.05) is 155 Å². The molecule has 0 unspecified atom stereocenters. The Kier molecular flexibility index (Phi) is 47.0. The van der Waals surface area contributed by atoms with Crippen LogP contribution in [0.25, 0.3) is 0 Å². The van der Waals surface area contributed by atoms with Crippen LogP contribution >= 0.6 is 68.4 Å². The van der Waals surface area contributed by atoms with Gasteiger partial charge in [-0.3, -0.25) is 9.68 Å². The van der Waals surface area contributed by atoms with Gasteiger partial charge in [-0.15, -0.1) is 0 Å². The predicted octanol–water partition coefficient (Wildman–Crippen LogP) is 3.67. The molecule has 2 bridgehead atoms. The normalized spacial score (nSPS) is 12.9. The molecule has 3 heterocycles. The zero-order valence-electron chi connectivity index (χ0n) is 33.5. The Bertz CT molecular complexity index is 1100. The van der Waals surface area contributed by atoms with Gasteiger partial charge in [-0.25, -0.2) is 10.1 Å². The zero-order chi connectivity index (χ0) is 41.5. The minimum Gasteiger partial charge on any atom is -0.378 e. The van der Waals surface area contributed by atoms with Gasteiger partial charge < -0.3 is 95.7 Å². The number of nitrogens with two attached hydrogens (primary N) is 2. The van der Waals surface area contributed by atoms with E-state index in [1.165, 1.54) is 25.6 Å². The minimum atomic E-state index is 0. The first-order valence-electron chi connectivity index (χ1n) is 17.4. The van der Waals surface area contributed by atoms with Gasteiger partial charge in [0.25, 0.3) is 11.9 Å². The second kappa shape index (κ2) is 44.0. The molecule has 0 fully saturated rings. The molecule has 327 valence electrons. The Morgan fingerprint density at radius 3 is 1.30 bits per heavy atom. The van der Waals surface area contributed by atoms with Crippen LogP contribution in [0.3, 0.4) is 0 Å². The molecule has 2 aromatic rings. The number of nitrogens with zero attached hydrogens (tertiary/aromatic N) is 8. The summed E-state index contributed by atoms with van der Waals surface area (Å²) in [6.07, 6.45) is 1.25. The maximum Gasteiger partial charge on any atom is 0.256 e. The van der Waals surface area contributed by atoms with E-state index in [0.29, 0.717) is 123 Å². The van der Waals surface area contributed by atoms with Crippen LogP contribution in [0.2, 0.25) is 10.6 Å². The van der Waals surface area contributed by atoms with Crippen LogP contribution in [-0.2, 0) is 56.7 Å². The van der Waals surface area contributed by atoms with Crippen LogP contribution in [0.15, 0.2) is 0 Å². The van der Waals surface area contributed by atoms with E-state index in [2.05, 4.69) is 106 Å². The van der Waals surface area contributed by atoms with Crippen LogP contribution in [0.1, 0.15) is 27.2 Å². The molecule has 0 saturated carbocycles. The Hall–Kier alpha value is -0.556. The molecule has 1 aliphatic heterocycles. The number of nitrogens with one attached hydrogen (secondary N) is 2. The number of hydrogen-bond donors (Lipinski definition) is 4. The van der Waals surface area contributed by atoms with Crippen LogP contribution in [0.4, 0.5) is 23.8 Å². The van der Waals surface area contributed by atoms with Crippen molar-refractivity contribution < 1.29 is 56.7 Å². The number of hydroxylamine groups is 2. The van der Waals surface area contributed by atoms with Gasteiger partial charge in [-0.05, 0) is 23.2 Å². The maximum atomic E-state index is 5.52. The first-order valence-corrected chi connectivity index (χ1v) is 20.3. The minimum absolute atomic E-state index is 0. The summed E-state index contributed by atoms with van der Waals surface area (Å²) in [6.45, 7) is 15.4. The number of rotatable bonds is 14. The fourth-order valence-electron chi connectivity index (χ4n) is 3.00. The van der Waals surface area contributed by atoms with Crippen molar-refractivity contribution in [3.8, 4) is 0 Å². The standard InChI is InChI=1S/C13H24N6O4.C8H20N2O3.C5H6Cl2N4O.C3H8.C2H3I2.V/c1-19(20-2)13-17-11-14-3-5-21-7-9-23-10-8-22-6-4-15-12(16-11)18-13;9-1-3-11-5-7-13-8-6-12-4-2-10;1-11(12-2)5-9-3(6)8-4(7)10-5;1-3-2;1-2(3)4;/h3-10H2,1-2H3,(H2,14,15,16,17,18);1-10H2;1-2H3;3H2,1-2H3;1H3;/q;;;;-1;. The predicted molar refractivity (Wildman–Crippen MR) is 233 cm³/mol. The third-order valence-electron chi connectivity index (χ3n) is 5.38. The van der Waals surface area contributed by atoms with E-state index >= 15 is 0 Å². The van der Waals surface area contributed by atoms with E-state index in [4.69, 9.17) is 72.8 Å². The molecular weight excluding hydrogens is 1040 g/mol. The van der Waals surface area contributed by atoms with Crippen molar-refractivity contribution in [3.05, 3.63) is 12.5 Å². The number of halogens is 4. The summed E-state index contributed by atoms with van der Waals surface area (Å²) < 4.78 is 33.0. The molecule has 1 aliphatic rings. The van der Waals surface area contributed by atoms with Crippen molar-refractivity contribution in [1.29, 1.82) is 0 Å². The summed E-state index contributed by atoms with van der Waals surface area (Å²) in [6, 6.07) is 0. The quantitative estimate of drug-likeness (QED) is 0.0915. The van der Waals surface area contributed by atoms with Crippen LogP contribution < -0.4 is 32.2 Å². The Labute approximate surface area is 381 Å². The van der Waals surface area contributed by atoms with Gasteiger partial charge in [0, 0.05) is 58.8 Å². The number of ether oxygens (including phenoxy) is 6. The summed E-state index contributed by atoms with van der Waals surface area (Å²) in [5, 5.41) is 9.06. The van der Waals surface area contributed by atoms with Gasteiger partial charge >= 0.3 is 0 Å². The fraction of sp³-hybridized carbons (Fsp3) is 0.774. The molecule has 2 aromatic heterocycles. The molecule has 25 heteroatoms. The van der Waals surface area contributed by atoms with Crippen molar-refractivity contribution in [1.82, 2.24) is 29.9 Å². The molecule has 3 rings (SSSR count). The topological polar surface area (TPSA) is 234 Å². The first-order chi connectivity index (χ1) is 26.5. The van der Waals surface area contributed by atoms with E-state index in [9.17, 15) is 0 Å². The van der Waals surface area contributed by atoms with E-state index in [-0.39, 0.29) is 35.1 Å². The molecule has 0 saturated heterocycles. The number of fused-ring (bicyclic) bond motifs is 2. The van der Waals surface area contributed by atoms with Gasteiger partial charge in [-0.1, -0.05) is 20.3 Å². The first kappa shape index (κ1) is 59.8. The van der Waals surface area contributed by atoms with E-state index < -0.39 is 0 Å². The zero-order valence-corrected chi connectivity index (χ0v) is 40.7. The molecule has 6 N–H and O–H groups in total. The van der Waals surface area contributed by atoms with E-state index in [1.54, 1.807) is 21.2 Å². The molecule has 0 atom stereocenters. The van der Waals surface area contributed by atoms with Gasteiger partial charge in [0.2, 0.25) is 22.5 Å². The van der Waals surface area contributed by atoms with Crippen molar-refractivity contribution >= 4 is 92.2 Å². The van der Waals surface area contributed by atoms with E-state index in [0.717, 1.165) is 0 Å². The van der Waals surface area contributed by atoms with Gasteiger partial charge in [0.15, 0.2) is 0 Å². The summed E-state index contributed by atoms with van der Waals surface area (Å²) in [7, 11) is 6.38. The van der Waals surface area contributed by atoms with Crippen molar-refractivity contribution in [2.24, 2.45) is 11.5 Å². The summed E-state index contributed by atoms with van der Waals surface area (Å²) in [5.41, 5.74) is 10.5. The molecule has 0 aromatic carbocycles. The molecule has 20 nitrogen and oxygen atoms in total. The van der Waals surface area contributed by atoms with Gasteiger partial charge in [0.05, 0.1) is 93.5 Å². The van der Waals surface area contributed by atoms with Crippen LogP contribution in [-0.4, -0.2) is 164 Å². The average molecular weight is 1110 g/mol. The third-order valence-corrected chi connectivity index (χ3v) is 5.71. The Morgan fingerprint density at radius 1 is 0.643 bits per heavy atom. The summed E-state index contributed by atoms with van der Waals surface area (Å²) in [4.78, 5) is 33.9. The van der Waals surface area contributed by atoms with Crippen molar-refractivity contribution in [3.63, 3.8) is 0 Å². The third kappa shape index (κ3) is 38.9.